The lowest BCUT2D eigenvalue weighted by Gasteiger charge is -2.22. The van der Waals surface area contributed by atoms with Gasteiger partial charge in [0.1, 0.15) is 16.8 Å². The van der Waals surface area contributed by atoms with Crippen LogP contribution < -0.4 is 4.90 Å². The Labute approximate surface area is 120 Å². The minimum atomic E-state index is -1.09. The number of hydrogen-bond donors (Lipinski definition) is 1. The van der Waals surface area contributed by atoms with Gasteiger partial charge in [-0.2, -0.15) is 0 Å². The van der Waals surface area contributed by atoms with Crippen LogP contribution in [0.3, 0.4) is 0 Å². The predicted octanol–water partition coefficient (Wildman–Crippen LogP) is 3.73. The number of halogens is 2. The molecule has 0 saturated heterocycles. The molecule has 104 valence electrons. The van der Waals surface area contributed by atoms with E-state index in [0.29, 0.717) is 18.1 Å². The van der Waals surface area contributed by atoms with Crippen LogP contribution in [0.1, 0.15) is 17.3 Å². The second-order valence-corrected chi connectivity index (χ2v) is 4.45. The fourth-order valence-corrected chi connectivity index (χ4v) is 2.07. The normalized spacial score (nSPS) is 10.3. The lowest BCUT2D eigenvalue weighted by Crippen LogP contribution is -2.18. The summed E-state index contributed by atoms with van der Waals surface area (Å²) in [7, 11) is 0. The number of carbonyl (C=O) groups is 1. The summed E-state index contributed by atoms with van der Waals surface area (Å²) in [6.07, 6.45) is 0. The van der Waals surface area contributed by atoms with Crippen molar-refractivity contribution >= 4 is 29.1 Å². The van der Waals surface area contributed by atoms with Crippen molar-refractivity contribution in [2.24, 2.45) is 0 Å². The van der Waals surface area contributed by atoms with Crippen LogP contribution in [0.15, 0.2) is 36.4 Å². The molecule has 0 spiro atoms. The summed E-state index contributed by atoms with van der Waals surface area (Å²) in [6, 6.07) is 8.67. The lowest BCUT2D eigenvalue weighted by molar-refractivity contribution is 0.0697. The molecule has 6 heteroatoms. The zero-order chi connectivity index (χ0) is 14.7. The zero-order valence-corrected chi connectivity index (χ0v) is 11.4. The Morgan fingerprint density at radius 3 is 2.75 bits per heavy atom. The van der Waals surface area contributed by atoms with E-state index in [9.17, 15) is 9.18 Å². The molecule has 2 rings (SSSR count). The van der Waals surface area contributed by atoms with E-state index in [4.69, 9.17) is 16.7 Å². The van der Waals surface area contributed by atoms with Crippen molar-refractivity contribution in [3.05, 3.63) is 52.9 Å². The smallest absolute Gasteiger partial charge is 0.335 e. The standard InChI is InChI=1S/C14H12ClFN2O2/c1-2-18(11-5-3-4-10(16)8-11)13-7-9(14(19)20)6-12(15)17-13/h3-8H,2H2,1H3,(H,19,20). The summed E-state index contributed by atoms with van der Waals surface area (Å²) in [5, 5.41) is 9.12. The molecule has 0 bridgehead atoms. The van der Waals surface area contributed by atoms with Crippen LogP contribution in [-0.4, -0.2) is 22.6 Å². The maximum atomic E-state index is 13.3. The van der Waals surface area contributed by atoms with E-state index in [-0.39, 0.29) is 16.5 Å². The number of benzene rings is 1. The molecule has 0 aliphatic heterocycles. The number of aromatic nitrogens is 1. The Hall–Kier alpha value is -2.14. The van der Waals surface area contributed by atoms with Crippen molar-refractivity contribution in [3.63, 3.8) is 0 Å². The Morgan fingerprint density at radius 2 is 2.15 bits per heavy atom. The largest absolute Gasteiger partial charge is 0.478 e. The van der Waals surface area contributed by atoms with E-state index in [1.807, 2.05) is 6.92 Å². The van der Waals surface area contributed by atoms with Crippen LogP contribution >= 0.6 is 11.6 Å². The second-order valence-electron chi connectivity index (χ2n) is 4.07. The van der Waals surface area contributed by atoms with Crippen LogP contribution in [-0.2, 0) is 0 Å². The number of nitrogens with zero attached hydrogens (tertiary/aromatic N) is 2. The molecule has 0 unspecified atom stereocenters. The van der Waals surface area contributed by atoms with Crippen LogP contribution in [0.2, 0.25) is 5.15 Å². The molecule has 20 heavy (non-hydrogen) atoms. The molecule has 1 aromatic heterocycles. The summed E-state index contributed by atoms with van der Waals surface area (Å²) in [4.78, 5) is 16.8. The molecular formula is C14H12ClFN2O2. The second kappa shape index (κ2) is 5.88. The number of aromatic carboxylic acids is 1. The summed E-state index contributed by atoms with van der Waals surface area (Å²) in [6.45, 7) is 2.35. The summed E-state index contributed by atoms with van der Waals surface area (Å²) >= 11 is 5.84. The van der Waals surface area contributed by atoms with Gasteiger partial charge in [0.05, 0.1) is 5.56 Å². The SMILES string of the molecule is CCN(c1cccc(F)c1)c1cc(C(=O)O)cc(Cl)n1. The molecule has 0 atom stereocenters. The van der Waals surface area contributed by atoms with E-state index in [1.165, 1.54) is 24.3 Å². The molecule has 0 fully saturated rings. The number of carboxylic acid groups (broad SMARTS) is 1. The Morgan fingerprint density at radius 1 is 1.40 bits per heavy atom. The van der Waals surface area contributed by atoms with Gasteiger partial charge in [0.2, 0.25) is 0 Å². The number of hydrogen-bond acceptors (Lipinski definition) is 3. The first-order valence-electron chi connectivity index (χ1n) is 5.95. The van der Waals surface area contributed by atoms with Gasteiger partial charge < -0.3 is 10.0 Å². The summed E-state index contributed by atoms with van der Waals surface area (Å²) < 4.78 is 13.3. The Kier molecular flexibility index (Phi) is 4.20. The van der Waals surface area contributed by atoms with Gasteiger partial charge in [-0.05, 0) is 37.3 Å². The first-order valence-corrected chi connectivity index (χ1v) is 6.33. The molecule has 0 aliphatic rings. The highest BCUT2D eigenvalue weighted by Gasteiger charge is 2.14. The third kappa shape index (κ3) is 3.05. The molecule has 0 saturated carbocycles. The molecule has 0 amide bonds. The molecule has 1 heterocycles. The highest BCUT2D eigenvalue weighted by atomic mass is 35.5. The van der Waals surface area contributed by atoms with Gasteiger partial charge in [0, 0.05) is 12.2 Å². The third-order valence-electron chi connectivity index (χ3n) is 2.74. The third-order valence-corrected chi connectivity index (χ3v) is 2.93. The zero-order valence-electron chi connectivity index (χ0n) is 10.7. The van der Waals surface area contributed by atoms with Gasteiger partial charge in [-0.25, -0.2) is 14.2 Å². The Bertz CT molecular complexity index is 649. The topological polar surface area (TPSA) is 53.4 Å². The van der Waals surface area contributed by atoms with Gasteiger partial charge in [0.15, 0.2) is 0 Å². The monoisotopic (exact) mass is 294 g/mol. The van der Waals surface area contributed by atoms with Crippen molar-refractivity contribution in [1.82, 2.24) is 4.98 Å². The molecule has 2 aromatic rings. The first-order chi connectivity index (χ1) is 9.51. The molecule has 1 N–H and O–H groups in total. The highest BCUT2D eigenvalue weighted by molar-refractivity contribution is 6.29. The van der Waals surface area contributed by atoms with E-state index < -0.39 is 5.97 Å². The summed E-state index contributed by atoms with van der Waals surface area (Å²) in [5.41, 5.74) is 0.619. The number of anilines is 2. The van der Waals surface area contributed by atoms with Crippen LogP contribution in [0.4, 0.5) is 15.9 Å². The van der Waals surface area contributed by atoms with Gasteiger partial charge in [-0.3, -0.25) is 0 Å². The predicted molar refractivity (Wildman–Crippen MR) is 75.3 cm³/mol. The van der Waals surface area contributed by atoms with Crippen molar-refractivity contribution in [3.8, 4) is 0 Å². The van der Waals surface area contributed by atoms with Gasteiger partial charge in [0.25, 0.3) is 0 Å². The summed E-state index contributed by atoms with van der Waals surface area (Å²) in [5.74, 6) is -1.10. The average Bonchev–Trinajstić information content (AvgIpc) is 2.39. The van der Waals surface area contributed by atoms with Gasteiger partial charge in [-0.1, -0.05) is 17.7 Å². The fourth-order valence-electron chi connectivity index (χ4n) is 1.87. The van der Waals surface area contributed by atoms with E-state index in [0.717, 1.165) is 0 Å². The van der Waals surface area contributed by atoms with Gasteiger partial charge in [-0.15, -0.1) is 0 Å². The minimum Gasteiger partial charge on any atom is -0.478 e. The molecular weight excluding hydrogens is 283 g/mol. The van der Waals surface area contributed by atoms with Gasteiger partial charge >= 0.3 is 5.97 Å². The quantitative estimate of drug-likeness (QED) is 0.873. The van der Waals surface area contributed by atoms with Crippen LogP contribution in [0.5, 0.6) is 0 Å². The fraction of sp³-hybridized carbons (Fsp3) is 0.143. The van der Waals surface area contributed by atoms with Crippen molar-refractivity contribution < 1.29 is 14.3 Å². The Balaban J connectivity index is 2.49. The minimum absolute atomic E-state index is 0.0369. The maximum absolute atomic E-state index is 13.3. The number of carboxylic acids is 1. The van der Waals surface area contributed by atoms with Crippen LogP contribution in [0, 0.1) is 5.82 Å². The average molecular weight is 295 g/mol. The van der Waals surface area contributed by atoms with Crippen molar-refractivity contribution in [2.75, 3.05) is 11.4 Å². The van der Waals surface area contributed by atoms with E-state index >= 15 is 0 Å². The van der Waals surface area contributed by atoms with Crippen molar-refractivity contribution in [1.29, 1.82) is 0 Å². The molecule has 4 nitrogen and oxygen atoms in total. The number of rotatable bonds is 4. The van der Waals surface area contributed by atoms with E-state index in [1.54, 1.807) is 17.0 Å². The first kappa shape index (κ1) is 14.3. The van der Waals surface area contributed by atoms with Crippen LogP contribution in [0.25, 0.3) is 0 Å². The lowest BCUT2D eigenvalue weighted by atomic mass is 10.2. The highest BCUT2D eigenvalue weighted by Crippen LogP contribution is 2.26. The molecule has 0 aliphatic carbocycles. The van der Waals surface area contributed by atoms with Crippen molar-refractivity contribution in [2.45, 2.75) is 6.92 Å². The molecule has 0 radical (unpaired) electrons. The number of pyridine rings is 1. The maximum Gasteiger partial charge on any atom is 0.335 e. The molecule has 1 aromatic carbocycles. The van der Waals surface area contributed by atoms with E-state index in [2.05, 4.69) is 4.98 Å².